The van der Waals surface area contributed by atoms with Crippen LogP contribution in [0, 0.1) is 6.92 Å². The van der Waals surface area contributed by atoms with Crippen LogP contribution in [0.4, 0.5) is 5.69 Å². The van der Waals surface area contributed by atoms with Gasteiger partial charge in [-0.15, -0.1) is 0 Å². The number of sulfonamides is 1. The number of carbonyl (C=O) groups excluding carboxylic acids is 2. The van der Waals surface area contributed by atoms with E-state index in [2.05, 4.69) is 21.2 Å². The number of methoxy groups -OCH3 is 1. The lowest BCUT2D eigenvalue weighted by Crippen LogP contribution is -2.53. The molecule has 0 aliphatic heterocycles. The summed E-state index contributed by atoms with van der Waals surface area (Å²) >= 11 is 3.38. The molecule has 1 aliphatic rings. The Morgan fingerprint density at radius 1 is 1.00 bits per heavy atom. The zero-order valence-electron chi connectivity index (χ0n) is 25.0. The van der Waals surface area contributed by atoms with Gasteiger partial charge in [0.2, 0.25) is 11.8 Å². The number of anilines is 1. The quantitative estimate of drug-likeness (QED) is 0.260. The third kappa shape index (κ3) is 8.38. The number of ether oxygens (including phenoxy) is 1. The Hall–Kier alpha value is -3.37. The van der Waals surface area contributed by atoms with Crippen molar-refractivity contribution in [2.24, 2.45) is 0 Å². The van der Waals surface area contributed by atoms with Gasteiger partial charge in [0, 0.05) is 12.6 Å². The molecule has 8 nitrogen and oxygen atoms in total. The summed E-state index contributed by atoms with van der Waals surface area (Å²) in [4.78, 5) is 29.0. The molecular formula is C33H40BrN3O5S. The lowest BCUT2D eigenvalue weighted by atomic mass is 9.95. The number of nitrogens with one attached hydrogen (secondary N) is 1. The monoisotopic (exact) mass is 669 g/mol. The minimum absolute atomic E-state index is 0.00692. The topological polar surface area (TPSA) is 96.0 Å². The highest BCUT2D eigenvalue weighted by atomic mass is 79.9. The fraction of sp³-hybridized carbons (Fsp3) is 0.394. The van der Waals surface area contributed by atoms with E-state index in [1.165, 1.54) is 24.1 Å². The predicted molar refractivity (Wildman–Crippen MR) is 173 cm³/mol. The summed E-state index contributed by atoms with van der Waals surface area (Å²) in [6.45, 7) is 3.42. The molecule has 1 fully saturated rings. The van der Waals surface area contributed by atoms with Gasteiger partial charge < -0.3 is 15.0 Å². The molecule has 1 N–H and O–H groups in total. The minimum atomic E-state index is -4.18. The predicted octanol–water partition coefficient (Wildman–Crippen LogP) is 5.87. The van der Waals surface area contributed by atoms with Crippen LogP contribution in [0.25, 0.3) is 0 Å². The van der Waals surface area contributed by atoms with Gasteiger partial charge in [-0.25, -0.2) is 8.42 Å². The number of hydrogen-bond donors (Lipinski definition) is 1. The van der Waals surface area contributed by atoms with Gasteiger partial charge >= 0.3 is 0 Å². The first kappa shape index (κ1) is 32.5. The van der Waals surface area contributed by atoms with Gasteiger partial charge in [-0.1, -0.05) is 67.3 Å². The fourth-order valence-electron chi connectivity index (χ4n) is 5.31. The lowest BCUT2D eigenvalue weighted by molar-refractivity contribution is -0.139. The van der Waals surface area contributed by atoms with Gasteiger partial charge in [0.1, 0.15) is 18.3 Å². The maximum absolute atomic E-state index is 14.1. The Morgan fingerprint density at radius 2 is 1.67 bits per heavy atom. The second-order valence-corrected chi connectivity index (χ2v) is 13.7. The van der Waals surface area contributed by atoms with E-state index >= 15 is 0 Å². The first-order chi connectivity index (χ1) is 20.6. The number of amides is 2. The van der Waals surface area contributed by atoms with Crippen molar-refractivity contribution in [1.29, 1.82) is 0 Å². The number of benzene rings is 3. The van der Waals surface area contributed by atoms with Crippen LogP contribution in [0.15, 0.2) is 82.2 Å². The van der Waals surface area contributed by atoms with Gasteiger partial charge in [-0.2, -0.15) is 0 Å². The van der Waals surface area contributed by atoms with Crippen LogP contribution in [0.1, 0.15) is 50.2 Å². The number of carbonyl (C=O) groups is 2. The van der Waals surface area contributed by atoms with E-state index in [1.807, 2.05) is 37.3 Å². The average Bonchev–Trinajstić information content (AvgIpc) is 3.01. The first-order valence-corrected chi connectivity index (χ1v) is 16.9. The normalized spacial score (nSPS) is 14.5. The number of hydrogen-bond acceptors (Lipinski definition) is 5. The molecule has 230 valence electrons. The Morgan fingerprint density at radius 3 is 2.30 bits per heavy atom. The third-order valence-corrected chi connectivity index (χ3v) is 10.3. The summed E-state index contributed by atoms with van der Waals surface area (Å²) < 4.78 is 35.0. The molecule has 0 spiro atoms. The molecule has 1 unspecified atom stereocenters. The zero-order chi connectivity index (χ0) is 31.0. The highest BCUT2D eigenvalue weighted by Crippen LogP contribution is 2.31. The van der Waals surface area contributed by atoms with Gasteiger partial charge in [-0.05, 0) is 84.9 Å². The maximum Gasteiger partial charge on any atom is 0.264 e. The standard InChI is InChI=1S/C33H40BrN3O5S/c1-24-14-16-28(17-15-24)37(43(40,41)29-18-19-31(42-3)30(34)22-29)23-32(38)36(21-20-26-10-6-4-7-11-26)25(2)33(39)35-27-12-8-5-9-13-27/h4,6-7,10-11,14-19,22,25,27H,5,8-9,12-13,20-21,23H2,1-3H3,(H,35,39). The van der Waals surface area contributed by atoms with Crippen molar-refractivity contribution in [2.75, 3.05) is 24.5 Å². The largest absolute Gasteiger partial charge is 0.496 e. The summed E-state index contributed by atoms with van der Waals surface area (Å²) in [6, 6.07) is 20.5. The molecule has 3 aromatic rings. The summed E-state index contributed by atoms with van der Waals surface area (Å²) in [6.07, 6.45) is 5.68. The van der Waals surface area contributed by atoms with Crippen molar-refractivity contribution in [3.8, 4) is 5.75 Å². The van der Waals surface area contributed by atoms with Gasteiger partial charge in [-0.3, -0.25) is 13.9 Å². The Kier molecular flexibility index (Phi) is 11.3. The van der Waals surface area contributed by atoms with Gasteiger partial charge in [0.05, 0.1) is 22.2 Å². The molecule has 0 saturated heterocycles. The SMILES string of the molecule is COc1ccc(S(=O)(=O)N(CC(=O)N(CCc2ccccc2)C(C)C(=O)NC2CCCCC2)c2ccc(C)cc2)cc1Br. The Labute approximate surface area is 263 Å². The van der Waals surface area contributed by atoms with Crippen LogP contribution in [0.5, 0.6) is 5.75 Å². The van der Waals surface area contributed by atoms with Crippen LogP contribution < -0.4 is 14.4 Å². The molecular weight excluding hydrogens is 630 g/mol. The summed E-state index contributed by atoms with van der Waals surface area (Å²) in [5, 5.41) is 3.13. The van der Waals surface area contributed by atoms with Crippen molar-refractivity contribution in [1.82, 2.24) is 10.2 Å². The van der Waals surface area contributed by atoms with Crippen molar-refractivity contribution in [2.45, 2.75) is 69.4 Å². The van der Waals surface area contributed by atoms with E-state index in [0.29, 0.717) is 22.3 Å². The third-order valence-electron chi connectivity index (χ3n) is 7.92. The van der Waals surface area contributed by atoms with E-state index in [4.69, 9.17) is 4.74 Å². The van der Waals surface area contributed by atoms with Crippen LogP contribution in [-0.4, -0.2) is 57.4 Å². The van der Waals surface area contributed by atoms with Crippen LogP contribution in [0.2, 0.25) is 0 Å². The molecule has 43 heavy (non-hydrogen) atoms. The molecule has 4 rings (SSSR count). The van der Waals surface area contributed by atoms with Gasteiger partial charge in [0.15, 0.2) is 0 Å². The van der Waals surface area contributed by atoms with Crippen LogP contribution in [-0.2, 0) is 26.0 Å². The van der Waals surface area contributed by atoms with E-state index in [1.54, 1.807) is 37.3 Å². The highest BCUT2D eigenvalue weighted by molar-refractivity contribution is 9.10. The van der Waals surface area contributed by atoms with Crippen molar-refractivity contribution < 1.29 is 22.7 Å². The van der Waals surface area contributed by atoms with E-state index < -0.39 is 28.5 Å². The molecule has 0 bridgehead atoms. The second kappa shape index (κ2) is 14.9. The van der Waals surface area contributed by atoms with E-state index in [0.717, 1.165) is 47.5 Å². The van der Waals surface area contributed by atoms with E-state index in [9.17, 15) is 18.0 Å². The Bertz CT molecular complexity index is 1490. The summed E-state index contributed by atoms with van der Waals surface area (Å²) in [5.74, 6) is -0.196. The minimum Gasteiger partial charge on any atom is -0.496 e. The number of aryl methyl sites for hydroxylation is 1. The van der Waals surface area contributed by atoms with Crippen LogP contribution in [0.3, 0.4) is 0 Å². The summed E-state index contributed by atoms with van der Waals surface area (Å²) in [7, 11) is -2.68. The number of rotatable bonds is 12. The van der Waals surface area contributed by atoms with E-state index in [-0.39, 0.29) is 23.4 Å². The van der Waals surface area contributed by atoms with Crippen molar-refractivity contribution in [3.63, 3.8) is 0 Å². The van der Waals surface area contributed by atoms with Crippen molar-refractivity contribution in [3.05, 3.63) is 88.4 Å². The Balaban J connectivity index is 1.65. The molecule has 2 amide bonds. The number of halogens is 1. The molecule has 1 saturated carbocycles. The molecule has 3 aromatic carbocycles. The first-order valence-electron chi connectivity index (χ1n) is 14.7. The zero-order valence-corrected chi connectivity index (χ0v) is 27.4. The molecule has 0 aromatic heterocycles. The lowest BCUT2D eigenvalue weighted by Gasteiger charge is -2.33. The molecule has 1 aliphatic carbocycles. The average molecular weight is 671 g/mol. The molecule has 10 heteroatoms. The maximum atomic E-state index is 14.1. The molecule has 0 heterocycles. The smallest absolute Gasteiger partial charge is 0.264 e. The van der Waals surface area contributed by atoms with Crippen molar-refractivity contribution >= 4 is 43.5 Å². The molecule has 0 radical (unpaired) electrons. The molecule has 1 atom stereocenters. The van der Waals surface area contributed by atoms with Crippen LogP contribution >= 0.6 is 15.9 Å². The number of nitrogens with zero attached hydrogens (tertiary/aromatic N) is 2. The van der Waals surface area contributed by atoms with Gasteiger partial charge in [0.25, 0.3) is 10.0 Å². The second-order valence-electron chi connectivity index (χ2n) is 11.0. The fourth-order valence-corrected chi connectivity index (χ4v) is 7.45. The highest BCUT2D eigenvalue weighted by Gasteiger charge is 2.33. The summed E-state index contributed by atoms with van der Waals surface area (Å²) in [5.41, 5.74) is 2.33.